The molecule has 25 heavy (non-hydrogen) atoms. The van der Waals surface area contributed by atoms with Gasteiger partial charge >= 0.3 is 0 Å². The molecule has 1 saturated carbocycles. The smallest absolute Gasteiger partial charge is 0.227 e. The molecule has 2 aromatic rings. The van der Waals surface area contributed by atoms with Gasteiger partial charge in [0.25, 0.3) is 0 Å². The lowest BCUT2D eigenvalue weighted by Gasteiger charge is -2.15. The predicted octanol–water partition coefficient (Wildman–Crippen LogP) is 3.67. The van der Waals surface area contributed by atoms with Gasteiger partial charge in [0.2, 0.25) is 11.8 Å². The van der Waals surface area contributed by atoms with Crippen LogP contribution in [0.25, 0.3) is 0 Å². The minimum Gasteiger partial charge on any atom is -0.464 e. The van der Waals surface area contributed by atoms with Crippen molar-refractivity contribution in [2.75, 3.05) is 7.05 Å². The summed E-state index contributed by atoms with van der Waals surface area (Å²) in [4.78, 5) is 18.4. The molecule has 0 bridgehead atoms. The van der Waals surface area contributed by atoms with E-state index in [0.717, 1.165) is 11.5 Å². The van der Waals surface area contributed by atoms with Crippen LogP contribution in [0.5, 0.6) is 0 Å². The van der Waals surface area contributed by atoms with E-state index < -0.39 is 0 Å². The van der Waals surface area contributed by atoms with Crippen molar-refractivity contribution < 1.29 is 13.7 Å². The molecule has 6 heteroatoms. The number of aryl methyl sites for hydroxylation is 1. The lowest BCUT2D eigenvalue weighted by Crippen LogP contribution is -2.26. The highest BCUT2D eigenvalue weighted by Gasteiger charge is 2.36. The SMILES string of the molecule is C[C@@H]1C[C@@H]1c1ccc(CN(C)C(=O)CCc2nc(C(C)(C)C)no2)o1. The Hall–Kier alpha value is -2.11. The number of hydrogen-bond acceptors (Lipinski definition) is 5. The summed E-state index contributed by atoms with van der Waals surface area (Å²) < 4.78 is 11.1. The molecule has 2 heterocycles. The van der Waals surface area contributed by atoms with Gasteiger partial charge in [-0.25, -0.2) is 0 Å². The first-order chi connectivity index (χ1) is 11.7. The first kappa shape index (κ1) is 17.7. The van der Waals surface area contributed by atoms with E-state index in [4.69, 9.17) is 8.94 Å². The Balaban J connectivity index is 1.49. The van der Waals surface area contributed by atoms with Crippen LogP contribution in [0.15, 0.2) is 21.1 Å². The van der Waals surface area contributed by atoms with Crippen molar-refractivity contribution in [1.29, 1.82) is 0 Å². The summed E-state index contributed by atoms with van der Waals surface area (Å²) in [7, 11) is 1.79. The Bertz CT molecular complexity index is 741. The summed E-state index contributed by atoms with van der Waals surface area (Å²) in [6.45, 7) is 8.80. The van der Waals surface area contributed by atoms with Gasteiger partial charge in [-0.05, 0) is 24.5 Å². The molecule has 3 rings (SSSR count). The quantitative estimate of drug-likeness (QED) is 0.798. The topological polar surface area (TPSA) is 72.4 Å². The van der Waals surface area contributed by atoms with Crippen molar-refractivity contribution in [2.45, 2.75) is 64.8 Å². The summed E-state index contributed by atoms with van der Waals surface area (Å²) in [6, 6.07) is 4.01. The maximum atomic E-state index is 12.3. The van der Waals surface area contributed by atoms with Crippen LogP contribution in [0, 0.1) is 5.92 Å². The van der Waals surface area contributed by atoms with E-state index in [1.165, 1.54) is 6.42 Å². The van der Waals surface area contributed by atoms with Crippen LogP contribution >= 0.6 is 0 Å². The van der Waals surface area contributed by atoms with Crippen molar-refractivity contribution in [3.8, 4) is 0 Å². The Morgan fingerprint density at radius 1 is 1.36 bits per heavy atom. The molecule has 0 spiro atoms. The average molecular weight is 345 g/mol. The second kappa shape index (κ2) is 6.65. The molecule has 1 aliphatic rings. The molecule has 2 atom stereocenters. The summed E-state index contributed by atoms with van der Waals surface area (Å²) in [5.74, 6) is 4.36. The van der Waals surface area contributed by atoms with E-state index >= 15 is 0 Å². The molecule has 1 amide bonds. The van der Waals surface area contributed by atoms with Crippen molar-refractivity contribution in [3.05, 3.63) is 35.4 Å². The van der Waals surface area contributed by atoms with Crippen molar-refractivity contribution in [1.82, 2.24) is 15.0 Å². The van der Waals surface area contributed by atoms with Gasteiger partial charge in [-0.1, -0.05) is 32.9 Å². The maximum Gasteiger partial charge on any atom is 0.227 e. The second-order valence-electron chi connectivity index (χ2n) is 8.14. The van der Waals surface area contributed by atoms with Crippen LogP contribution < -0.4 is 0 Å². The third-order valence-electron chi connectivity index (χ3n) is 4.67. The Morgan fingerprint density at radius 2 is 2.08 bits per heavy atom. The van der Waals surface area contributed by atoms with Gasteiger partial charge in [-0.15, -0.1) is 0 Å². The molecule has 0 saturated heterocycles. The Labute approximate surface area is 148 Å². The number of aromatic nitrogens is 2. The summed E-state index contributed by atoms with van der Waals surface area (Å²) in [5, 5.41) is 3.98. The highest BCUT2D eigenvalue weighted by molar-refractivity contribution is 5.75. The molecule has 136 valence electrons. The minimum absolute atomic E-state index is 0.0354. The number of hydrogen-bond donors (Lipinski definition) is 0. The van der Waals surface area contributed by atoms with E-state index in [1.807, 2.05) is 32.9 Å². The number of carbonyl (C=O) groups is 1. The van der Waals surface area contributed by atoms with Gasteiger partial charge in [0.15, 0.2) is 5.82 Å². The fourth-order valence-electron chi connectivity index (χ4n) is 2.79. The van der Waals surface area contributed by atoms with E-state index in [0.29, 0.717) is 42.9 Å². The minimum atomic E-state index is -0.154. The van der Waals surface area contributed by atoms with Gasteiger partial charge in [0.05, 0.1) is 6.54 Å². The molecule has 0 N–H and O–H groups in total. The summed E-state index contributed by atoms with van der Waals surface area (Å²) >= 11 is 0. The molecule has 1 aliphatic carbocycles. The first-order valence-corrected chi connectivity index (χ1v) is 8.89. The van der Waals surface area contributed by atoms with Crippen molar-refractivity contribution in [2.24, 2.45) is 5.92 Å². The third-order valence-corrected chi connectivity index (χ3v) is 4.67. The second-order valence-corrected chi connectivity index (χ2v) is 8.14. The molecule has 0 aromatic carbocycles. The Morgan fingerprint density at radius 3 is 2.68 bits per heavy atom. The molecule has 1 fully saturated rings. The molecular weight excluding hydrogens is 318 g/mol. The first-order valence-electron chi connectivity index (χ1n) is 8.89. The number of rotatable bonds is 6. The fraction of sp³-hybridized carbons (Fsp3) is 0.632. The van der Waals surface area contributed by atoms with Gasteiger partial charge < -0.3 is 13.8 Å². The van der Waals surface area contributed by atoms with Gasteiger partial charge in [-0.2, -0.15) is 4.98 Å². The molecule has 2 aromatic heterocycles. The fourth-order valence-corrected chi connectivity index (χ4v) is 2.79. The normalized spacial score (nSPS) is 19.9. The van der Waals surface area contributed by atoms with Gasteiger partial charge in [0.1, 0.15) is 11.5 Å². The van der Waals surface area contributed by atoms with Crippen LogP contribution in [0.3, 0.4) is 0 Å². The Kier molecular flexibility index (Phi) is 4.71. The molecular formula is C19H27N3O3. The highest BCUT2D eigenvalue weighted by Crippen LogP contribution is 2.47. The zero-order valence-corrected chi connectivity index (χ0v) is 15.7. The van der Waals surface area contributed by atoms with Crippen molar-refractivity contribution in [3.63, 3.8) is 0 Å². The van der Waals surface area contributed by atoms with E-state index in [-0.39, 0.29) is 11.3 Å². The largest absolute Gasteiger partial charge is 0.464 e. The lowest BCUT2D eigenvalue weighted by molar-refractivity contribution is -0.130. The number of furan rings is 1. The number of carbonyl (C=O) groups excluding carboxylic acids is 1. The van der Waals surface area contributed by atoms with Crippen LogP contribution in [-0.2, 0) is 23.2 Å². The highest BCUT2D eigenvalue weighted by atomic mass is 16.5. The van der Waals surface area contributed by atoms with E-state index in [9.17, 15) is 4.79 Å². The van der Waals surface area contributed by atoms with E-state index in [2.05, 4.69) is 17.1 Å². The van der Waals surface area contributed by atoms with Gasteiger partial charge in [0, 0.05) is 31.2 Å². The molecule has 0 unspecified atom stereocenters. The average Bonchev–Trinajstić information content (AvgIpc) is 2.95. The predicted molar refractivity (Wildman–Crippen MR) is 93.0 cm³/mol. The van der Waals surface area contributed by atoms with Crippen LogP contribution in [-0.4, -0.2) is 28.0 Å². The number of nitrogens with zero attached hydrogens (tertiary/aromatic N) is 3. The van der Waals surface area contributed by atoms with Crippen molar-refractivity contribution >= 4 is 5.91 Å². The van der Waals surface area contributed by atoms with Gasteiger partial charge in [-0.3, -0.25) is 4.79 Å². The summed E-state index contributed by atoms with van der Waals surface area (Å²) in [5.41, 5.74) is -0.154. The van der Waals surface area contributed by atoms with Crippen LogP contribution in [0.1, 0.15) is 69.7 Å². The van der Waals surface area contributed by atoms with Crippen LogP contribution in [0.2, 0.25) is 0 Å². The zero-order valence-electron chi connectivity index (χ0n) is 15.7. The van der Waals surface area contributed by atoms with Crippen LogP contribution in [0.4, 0.5) is 0 Å². The standard InChI is InChI=1S/C19H27N3O3/c1-12-10-14(12)15-7-6-13(24-15)11-22(5)17(23)9-8-16-20-18(21-25-16)19(2,3)4/h6-7,12,14H,8-11H2,1-5H3/t12-,14+/m1/s1. The van der Waals surface area contributed by atoms with E-state index in [1.54, 1.807) is 11.9 Å². The molecule has 0 aliphatic heterocycles. The number of amides is 1. The summed E-state index contributed by atoms with van der Waals surface area (Å²) in [6.07, 6.45) is 1.99. The lowest BCUT2D eigenvalue weighted by atomic mass is 9.96. The maximum absolute atomic E-state index is 12.3. The molecule has 0 radical (unpaired) electrons. The zero-order chi connectivity index (χ0) is 18.2. The monoisotopic (exact) mass is 345 g/mol. The third kappa shape index (κ3) is 4.30. The molecule has 6 nitrogen and oxygen atoms in total.